The third-order valence-corrected chi connectivity index (χ3v) is 7.50. The van der Waals surface area contributed by atoms with Crippen LogP contribution in [0.1, 0.15) is 32.2 Å². The average Bonchev–Trinajstić information content (AvgIpc) is 3.63. The molecule has 0 unspecified atom stereocenters. The number of rotatable bonds is 8. The predicted octanol–water partition coefficient (Wildman–Crippen LogP) is 7.14. The highest BCUT2D eigenvalue weighted by Crippen LogP contribution is 2.32. The van der Waals surface area contributed by atoms with Crippen molar-refractivity contribution in [3.05, 3.63) is 96.7 Å². The summed E-state index contributed by atoms with van der Waals surface area (Å²) in [5.74, 6) is 1.29. The van der Waals surface area contributed by atoms with Crippen LogP contribution in [0.4, 0.5) is 22.0 Å². The van der Waals surface area contributed by atoms with Crippen LogP contribution in [0.5, 0.6) is 5.75 Å². The number of nitrogens with zero attached hydrogens (tertiary/aromatic N) is 5. The van der Waals surface area contributed by atoms with Crippen molar-refractivity contribution in [2.75, 3.05) is 29.6 Å². The molecule has 6 aromatic rings. The molecule has 6 rings (SSSR count). The van der Waals surface area contributed by atoms with Crippen LogP contribution in [0, 0.1) is 6.92 Å². The van der Waals surface area contributed by atoms with E-state index >= 15 is 0 Å². The van der Waals surface area contributed by atoms with Crippen molar-refractivity contribution in [3.8, 4) is 11.4 Å². The van der Waals surface area contributed by atoms with Crippen molar-refractivity contribution in [2.24, 2.45) is 0 Å². The van der Waals surface area contributed by atoms with E-state index in [1.54, 1.807) is 10.9 Å². The fourth-order valence-electron chi connectivity index (χ4n) is 5.12. The number of amides is 2. The van der Waals surface area contributed by atoms with Crippen LogP contribution >= 0.6 is 0 Å². The Morgan fingerprint density at radius 1 is 0.909 bits per heavy atom. The number of carbonyl (C=O) groups excluding carboxylic acids is 1. The van der Waals surface area contributed by atoms with E-state index in [0.29, 0.717) is 24.7 Å². The van der Waals surface area contributed by atoms with Crippen LogP contribution in [0.15, 0.2) is 85.3 Å². The zero-order chi connectivity index (χ0) is 30.8. The Kier molecular flexibility index (Phi) is 7.65. The Bertz CT molecular complexity index is 1950. The molecule has 0 spiro atoms. The molecule has 3 heterocycles. The number of anilines is 3. The number of aryl methyl sites for hydroxylation is 1. The van der Waals surface area contributed by atoms with E-state index in [9.17, 15) is 4.79 Å². The van der Waals surface area contributed by atoms with E-state index in [0.717, 1.165) is 50.3 Å². The lowest BCUT2D eigenvalue weighted by atomic mass is 9.92. The van der Waals surface area contributed by atoms with Crippen molar-refractivity contribution in [1.82, 2.24) is 24.3 Å². The number of hydrogen-bond acceptors (Lipinski definition) is 6. The Labute approximate surface area is 256 Å². The van der Waals surface area contributed by atoms with Gasteiger partial charge in [0.05, 0.1) is 47.3 Å². The first-order chi connectivity index (χ1) is 21.2. The minimum atomic E-state index is -0.376. The van der Waals surface area contributed by atoms with Gasteiger partial charge in [0, 0.05) is 35.0 Å². The largest absolute Gasteiger partial charge is 0.491 e. The standard InChI is InChI=1S/C34H36N8O2/c1-22-13-14-23(20-36-22)42-31(19-30(40-42)34(2,3)4)39-33(43)38-26-15-16-29(25-10-7-6-9-24(25)26)44-18-17-41-21-37-32-27(35-5)11-8-12-28(32)41/h6-16,19-21,35H,17-18H2,1-5H3,(H2,38,39,43). The van der Waals surface area contributed by atoms with Gasteiger partial charge in [0.15, 0.2) is 0 Å². The molecule has 0 aliphatic heterocycles. The molecule has 3 aromatic carbocycles. The summed E-state index contributed by atoms with van der Waals surface area (Å²) in [6.45, 7) is 9.29. The molecule has 0 aliphatic rings. The topological polar surface area (TPSA) is 111 Å². The quantitative estimate of drug-likeness (QED) is 0.174. The summed E-state index contributed by atoms with van der Waals surface area (Å²) in [4.78, 5) is 22.3. The fourth-order valence-corrected chi connectivity index (χ4v) is 5.12. The molecule has 0 atom stereocenters. The maximum atomic E-state index is 13.3. The number of urea groups is 1. The molecule has 224 valence electrons. The third-order valence-electron chi connectivity index (χ3n) is 7.50. The van der Waals surface area contributed by atoms with Crippen LogP contribution in [0.2, 0.25) is 0 Å². The molecule has 10 nitrogen and oxygen atoms in total. The number of imidazole rings is 1. The van der Waals surface area contributed by atoms with Gasteiger partial charge in [-0.1, -0.05) is 51.1 Å². The van der Waals surface area contributed by atoms with E-state index < -0.39 is 0 Å². The number of aromatic nitrogens is 5. The van der Waals surface area contributed by atoms with Crippen molar-refractivity contribution in [1.29, 1.82) is 0 Å². The van der Waals surface area contributed by atoms with Gasteiger partial charge < -0.3 is 19.9 Å². The zero-order valence-corrected chi connectivity index (χ0v) is 25.5. The van der Waals surface area contributed by atoms with Crippen LogP contribution in [-0.4, -0.2) is 44.0 Å². The SMILES string of the molecule is CNc1cccc2c1ncn2CCOc1ccc(NC(=O)Nc2cc(C(C)(C)C)nn2-c2ccc(C)nc2)c2ccccc12. The van der Waals surface area contributed by atoms with Crippen LogP contribution in [0.3, 0.4) is 0 Å². The van der Waals surface area contributed by atoms with Crippen molar-refractivity contribution in [3.63, 3.8) is 0 Å². The summed E-state index contributed by atoms with van der Waals surface area (Å²) in [6, 6.07) is 23.1. The van der Waals surface area contributed by atoms with Crippen LogP contribution in [-0.2, 0) is 12.0 Å². The van der Waals surface area contributed by atoms with Crippen LogP contribution in [0.25, 0.3) is 27.5 Å². The normalized spacial score (nSPS) is 11.6. The number of hydrogen-bond donors (Lipinski definition) is 3. The van der Waals surface area contributed by atoms with Gasteiger partial charge in [-0.05, 0) is 43.3 Å². The second kappa shape index (κ2) is 11.7. The number of ether oxygens (including phenoxy) is 1. The Morgan fingerprint density at radius 2 is 1.73 bits per heavy atom. The first-order valence-electron chi connectivity index (χ1n) is 14.6. The molecular formula is C34H36N8O2. The molecule has 3 aromatic heterocycles. The summed E-state index contributed by atoms with van der Waals surface area (Å²) in [7, 11) is 1.89. The Morgan fingerprint density at radius 3 is 2.48 bits per heavy atom. The van der Waals surface area contributed by atoms with E-state index in [1.807, 2.05) is 87.0 Å². The third kappa shape index (κ3) is 5.78. The summed E-state index contributed by atoms with van der Waals surface area (Å²) < 4.78 is 10.0. The van der Waals surface area contributed by atoms with Gasteiger partial charge in [-0.3, -0.25) is 10.3 Å². The van der Waals surface area contributed by atoms with Gasteiger partial charge in [0.2, 0.25) is 0 Å². The smallest absolute Gasteiger partial charge is 0.324 e. The average molecular weight is 589 g/mol. The summed E-state index contributed by atoms with van der Waals surface area (Å²) in [5.41, 5.74) is 5.96. The second-order valence-electron chi connectivity index (χ2n) is 11.7. The minimum Gasteiger partial charge on any atom is -0.491 e. The van der Waals surface area contributed by atoms with Gasteiger partial charge in [-0.25, -0.2) is 14.5 Å². The molecule has 0 fully saturated rings. The van der Waals surface area contributed by atoms with Crippen LogP contribution < -0.4 is 20.7 Å². The van der Waals surface area contributed by atoms with Gasteiger partial charge in [0.1, 0.15) is 23.7 Å². The maximum absolute atomic E-state index is 13.3. The molecule has 3 N–H and O–H groups in total. The maximum Gasteiger partial charge on any atom is 0.324 e. The molecule has 2 amide bonds. The lowest BCUT2D eigenvalue weighted by Gasteiger charge is -2.15. The van der Waals surface area contributed by atoms with Crippen molar-refractivity contribution < 1.29 is 9.53 Å². The van der Waals surface area contributed by atoms with Gasteiger partial charge >= 0.3 is 6.03 Å². The first kappa shape index (κ1) is 28.7. The zero-order valence-electron chi connectivity index (χ0n) is 25.5. The van der Waals surface area contributed by atoms with E-state index in [4.69, 9.17) is 9.84 Å². The van der Waals surface area contributed by atoms with Crippen molar-refractivity contribution >= 4 is 45.0 Å². The first-order valence-corrected chi connectivity index (χ1v) is 14.6. The number of benzene rings is 3. The molecule has 0 saturated carbocycles. The highest BCUT2D eigenvalue weighted by Gasteiger charge is 2.22. The number of para-hydroxylation sites is 1. The number of pyridine rings is 1. The fraction of sp³-hybridized carbons (Fsp3) is 0.235. The van der Waals surface area contributed by atoms with E-state index in [-0.39, 0.29) is 11.4 Å². The van der Waals surface area contributed by atoms with E-state index in [1.165, 1.54) is 0 Å². The minimum absolute atomic E-state index is 0.205. The van der Waals surface area contributed by atoms with Gasteiger partial charge in [-0.15, -0.1) is 0 Å². The molecular weight excluding hydrogens is 552 g/mol. The molecule has 0 bridgehead atoms. The number of fused-ring (bicyclic) bond motifs is 2. The molecule has 44 heavy (non-hydrogen) atoms. The summed E-state index contributed by atoms with van der Waals surface area (Å²) in [6.07, 6.45) is 3.59. The monoisotopic (exact) mass is 588 g/mol. The molecule has 0 saturated heterocycles. The number of carbonyl (C=O) groups is 1. The second-order valence-corrected chi connectivity index (χ2v) is 11.7. The lowest BCUT2D eigenvalue weighted by molar-refractivity contribution is 0.262. The highest BCUT2D eigenvalue weighted by atomic mass is 16.5. The Balaban J connectivity index is 1.20. The summed E-state index contributed by atoms with van der Waals surface area (Å²) in [5, 5.41) is 15.8. The van der Waals surface area contributed by atoms with E-state index in [2.05, 4.69) is 57.3 Å². The summed E-state index contributed by atoms with van der Waals surface area (Å²) >= 11 is 0. The molecule has 0 aliphatic carbocycles. The highest BCUT2D eigenvalue weighted by molar-refractivity contribution is 6.07. The van der Waals surface area contributed by atoms with Gasteiger partial charge in [-0.2, -0.15) is 5.10 Å². The van der Waals surface area contributed by atoms with Crippen molar-refractivity contribution in [2.45, 2.75) is 39.7 Å². The Hall–Kier alpha value is -5.38. The molecule has 10 heteroatoms. The number of nitrogens with one attached hydrogen (secondary N) is 3. The van der Waals surface area contributed by atoms with Gasteiger partial charge in [0.25, 0.3) is 0 Å². The molecule has 0 radical (unpaired) electrons. The predicted molar refractivity (Wildman–Crippen MR) is 176 cm³/mol. The lowest BCUT2D eigenvalue weighted by Crippen LogP contribution is -2.21.